The van der Waals surface area contributed by atoms with Crippen molar-refractivity contribution < 1.29 is 128 Å². The van der Waals surface area contributed by atoms with Gasteiger partial charge in [0.1, 0.15) is 28.7 Å². The largest absolute Gasteiger partial charge is 1.00 e. The normalized spacial score (nSPS) is 15.2. The Bertz CT molecular complexity index is 4280. The summed E-state index contributed by atoms with van der Waals surface area (Å²) >= 11 is 10.0. The third-order valence-corrected chi connectivity index (χ3v) is 20.6. The second kappa shape index (κ2) is 59.5. The molecule has 3 saturated heterocycles. The van der Waals surface area contributed by atoms with E-state index in [0.29, 0.717) is 46.4 Å². The van der Waals surface area contributed by atoms with Gasteiger partial charge in [0.05, 0.1) is 121 Å². The Morgan fingerprint density at radius 3 is 1.16 bits per heavy atom. The first-order chi connectivity index (χ1) is 57.6. The standard InChI is InChI=1S/C18H29BO3.C18H22N2O4.C12H19BO3.C12H17BrO.C11H22B2O4.C6H5BrO.C6H13Br.C6H6N2O3.2CH3F.2CH4.Na.H2O/c1-16(2,3)12-13-20-15-10-8-14(9-11-15)19-21-17(4,5)18(6,7)22-19;1-18(2,3)9-10-24-15-7-5-14(6-8-15)20-16(21)11-13(12-19-20)17(22)23-4;1-12(2,3)8-9-16-11-6-4-10(5-7-11)13(14)15;1-12(2,3)8-9-14-11-6-4-10(13)5-7-11;1-8-9(2,3)15-12(14-8)13-16-10(4,5)11(6,7)17-13;7-5-1-3-6(8)4-2-5;1-6(2,3)4-5-7;1-11-6(10)4-2-5(9)8-7-3-4;2*1-2;;;;/h8-11H,12-13H2,1-7H3;5-8,11-12H,9-10H2,1-4H3;4-7,14-15H,8-9H2,1-3H3;4-7H,8-9H2,1-3H3;8H,1-7H3;1-4,8H;4-5H2,1-3H3;2-3H,1H3,(H,8,9);2*1H3;2*1H4;;1H2/q;;;;;;;;;;;;+1;/p-1/i;;;;;;;;2*1D;;;;. The van der Waals surface area contributed by atoms with E-state index in [2.05, 4.69) is 204 Å². The quantitative estimate of drug-likeness (QED) is 0.0332. The second-order valence-electron chi connectivity index (χ2n) is 37.5. The molecule has 5 N–H and O–H groups in total. The first kappa shape index (κ1) is 123. The van der Waals surface area contributed by atoms with Gasteiger partial charge in [-0.2, -0.15) is 14.9 Å². The van der Waals surface area contributed by atoms with Crippen LogP contribution < -0.4 is 70.5 Å². The zero-order valence-corrected chi connectivity index (χ0v) is 86.0. The third-order valence-electron chi connectivity index (χ3n) is 19.2. The zero-order chi connectivity index (χ0) is 95.8. The maximum Gasteiger partial charge on any atom is 1.00 e. The van der Waals surface area contributed by atoms with Gasteiger partial charge in [-0.1, -0.05) is 191 Å². The number of aromatic hydroxyl groups is 1. The van der Waals surface area contributed by atoms with Gasteiger partial charge in [-0.15, -0.1) is 0 Å². The molecule has 0 radical (unpaired) electrons. The molecule has 24 nitrogen and oxygen atoms in total. The molecular formula is C93H148B4Br3F2N4NaO20. The molecule has 0 amide bonds. The molecule has 0 spiro atoms. The van der Waals surface area contributed by atoms with Gasteiger partial charge in [-0.25, -0.2) is 14.7 Å². The molecule has 2 aromatic heterocycles. The third kappa shape index (κ3) is 51.6. The van der Waals surface area contributed by atoms with E-state index in [-0.39, 0.29) is 113 Å². The van der Waals surface area contributed by atoms with Crippen LogP contribution in [-0.2, 0) is 37.4 Å². The molecule has 3 aliphatic heterocycles. The van der Waals surface area contributed by atoms with E-state index in [1.54, 1.807) is 72.8 Å². The van der Waals surface area contributed by atoms with E-state index in [1.807, 2.05) is 97.0 Å². The van der Waals surface area contributed by atoms with Gasteiger partial charge in [0.15, 0.2) is 0 Å². The molecule has 10 rings (SSSR count). The van der Waals surface area contributed by atoms with Crippen LogP contribution >= 0.6 is 47.8 Å². The monoisotopic (exact) mass is 1980 g/mol. The number of aromatic amines is 1. The van der Waals surface area contributed by atoms with Crippen LogP contribution in [0.3, 0.4) is 0 Å². The van der Waals surface area contributed by atoms with Crippen LogP contribution in [-0.4, -0.2) is 175 Å². The first-order valence-electron chi connectivity index (χ1n) is 42.0. The van der Waals surface area contributed by atoms with Crippen LogP contribution in [0.15, 0.2) is 164 Å². The predicted molar refractivity (Wildman–Crippen MR) is 519 cm³/mol. The van der Waals surface area contributed by atoms with Crippen molar-refractivity contribution in [2.24, 2.45) is 27.1 Å². The van der Waals surface area contributed by atoms with Gasteiger partial charge < -0.3 is 77.0 Å². The Labute approximate surface area is 810 Å². The Morgan fingerprint density at radius 1 is 0.528 bits per heavy atom. The molecule has 7 aromatic rings. The molecule has 3 aliphatic rings. The number of phenolic OH excluding ortho intramolecular Hbond substituents is 1. The van der Waals surface area contributed by atoms with E-state index < -0.39 is 58.5 Å². The smallest absolute Gasteiger partial charge is 0.870 e. The first-order valence-corrected chi connectivity index (χ1v) is 43.3. The molecule has 1 atom stereocenters. The molecule has 708 valence electrons. The Kier molecular flexibility index (Phi) is 57.6. The number of phenols is 1. The summed E-state index contributed by atoms with van der Waals surface area (Å²) in [5.41, 5.74) is 1.57. The van der Waals surface area contributed by atoms with Gasteiger partial charge in [-0.3, -0.25) is 18.4 Å². The number of esters is 2. The van der Waals surface area contributed by atoms with Gasteiger partial charge >= 0.3 is 69.8 Å². The summed E-state index contributed by atoms with van der Waals surface area (Å²) in [5.74, 6) is 2.48. The summed E-state index contributed by atoms with van der Waals surface area (Å²) in [6.07, 6.45) is 7.87. The molecular weight excluding hydrogens is 1840 g/mol. The number of H-pyrrole nitrogens is 1. The van der Waals surface area contributed by atoms with Crippen LogP contribution in [0.1, 0.15) is 250 Å². The SMILES string of the molecule is C.C.CC(C)(C)CCBr.CC(C)(C)CCOc1ccc(B(O)O)cc1.CC(C)(C)CCOc1ccc(B2OC(C)(C)C(C)(C)O2)cc1.CC(C)(C)CCOc1ccc(Br)cc1.CC1OB(B2OC(C)(C)C(C)(C)O2)OC1(C)C.COC(=O)c1cn[nH]c(=O)c1.COC(=O)c1cnn(-c2ccc(OCCC(C)(C)C)cc2)c(=O)c1.Oc1ccc(Br)cc1.[2H]CF.[2H]CF.[Na+].[OH-]. The summed E-state index contributed by atoms with van der Waals surface area (Å²) in [7, 11) is -2.13. The maximum absolute atomic E-state index is 12.1. The molecule has 1 unspecified atom stereocenters. The molecule has 34 heteroatoms. The molecule has 0 saturated carbocycles. The number of benzene rings is 5. The number of alkyl halides is 3. The fourth-order valence-corrected chi connectivity index (χ4v) is 11.3. The fraction of sp³-hybridized carbons (Fsp3) is 0.570. The number of rotatable bonds is 19. The van der Waals surface area contributed by atoms with Crippen molar-refractivity contribution in [1.29, 1.82) is 0 Å². The van der Waals surface area contributed by atoms with E-state index in [0.717, 1.165) is 87.7 Å². The predicted octanol–water partition coefficient (Wildman–Crippen LogP) is 17.7. The zero-order valence-electron chi connectivity index (χ0n) is 81.3. The number of hydrogen-bond acceptors (Lipinski definition) is 22. The van der Waals surface area contributed by atoms with Crippen molar-refractivity contribution in [2.75, 3.05) is 60.3 Å². The molecule has 0 aliphatic carbocycles. The number of halogens is 5. The van der Waals surface area contributed by atoms with Crippen LogP contribution in [0.2, 0.25) is 0 Å². The Balaban J connectivity index is -0.000000698. The number of hydrogen-bond donors (Lipinski definition) is 4. The van der Waals surface area contributed by atoms with Crippen molar-refractivity contribution in [3.05, 3.63) is 187 Å². The Hall–Kier alpha value is -6.00. The summed E-state index contributed by atoms with van der Waals surface area (Å²) in [5, 5.41) is 37.2. The maximum atomic E-state index is 12.1. The molecule has 0 bridgehead atoms. The van der Waals surface area contributed by atoms with Gasteiger partial charge in [0.25, 0.3) is 11.1 Å². The summed E-state index contributed by atoms with van der Waals surface area (Å²) in [4.78, 5) is 44.8. The fourth-order valence-electron chi connectivity index (χ4n) is 9.62. The van der Waals surface area contributed by atoms with Gasteiger partial charge in [0.2, 0.25) is 0 Å². The Morgan fingerprint density at radius 2 is 0.858 bits per heavy atom. The van der Waals surface area contributed by atoms with Crippen LogP contribution in [0.4, 0.5) is 8.78 Å². The van der Waals surface area contributed by atoms with Gasteiger partial charge in [-0.05, 0) is 243 Å². The number of methoxy groups -OCH3 is 2. The van der Waals surface area contributed by atoms with Crippen molar-refractivity contribution in [1.82, 2.24) is 20.0 Å². The number of ether oxygens (including phenoxy) is 6. The number of aromatic nitrogens is 4. The number of carbonyl (C=O) groups is 2. The van der Waals surface area contributed by atoms with Crippen LogP contribution in [0.5, 0.6) is 28.7 Å². The van der Waals surface area contributed by atoms with E-state index in [1.165, 1.54) is 43.8 Å². The molecule has 127 heavy (non-hydrogen) atoms. The van der Waals surface area contributed by atoms with Crippen molar-refractivity contribution in [3.8, 4) is 34.4 Å². The van der Waals surface area contributed by atoms with Gasteiger partial charge in [0, 0.05) is 26.4 Å². The van der Waals surface area contributed by atoms with E-state index in [9.17, 15) is 28.0 Å². The van der Waals surface area contributed by atoms with E-state index in [4.69, 9.17) is 64.8 Å². The van der Waals surface area contributed by atoms with E-state index >= 15 is 0 Å². The van der Waals surface area contributed by atoms with Crippen LogP contribution in [0, 0.1) is 27.1 Å². The molecule has 5 aromatic carbocycles. The summed E-state index contributed by atoms with van der Waals surface area (Å²) < 4.78 is 101. The minimum Gasteiger partial charge on any atom is -0.870 e. The second-order valence-corrected chi connectivity index (χ2v) is 40.1. The minimum absolute atomic E-state index is 0. The van der Waals surface area contributed by atoms with Crippen LogP contribution in [0.25, 0.3) is 5.69 Å². The number of carbonyl (C=O) groups excluding carboxylic acids is 2. The summed E-state index contributed by atoms with van der Waals surface area (Å²) in [6.45, 7) is 58.3. The molecule has 5 heterocycles. The minimum atomic E-state index is -1.41. The van der Waals surface area contributed by atoms with Crippen molar-refractivity contribution in [3.63, 3.8) is 0 Å². The average Bonchev–Trinajstić information content (AvgIpc) is 1.61. The number of nitrogens with one attached hydrogen (secondary N) is 1. The summed E-state index contributed by atoms with van der Waals surface area (Å²) in [6, 6.07) is 39.0. The van der Waals surface area contributed by atoms with Crippen molar-refractivity contribution in [2.45, 2.75) is 261 Å². The number of nitrogens with zero attached hydrogens (tertiary/aromatic N) is 3. The van der Waals surface area contributed by atoms with Crippen molar-refractivity contribution >= 4 is 98.9 Å². The topological polar surface area (TPSA) is 316 Å². The molecule has 3 fully saturated rings. The average molecular weight is 1990 g/mol.